The molecule has 1 aromatic rings. The van der Waals surface area contributed by atoms with Crippen LogP contribution in [0.15, 0.2) is 48.6 Å². The maximum Gasteiger partial charge on any atom is 0.330 e. The van der Waals surface area contributed by atoms with Crippen LogP contribution in [0.25, 0.3) is 6.08 Å². The molecule has 17 heavy (non-hydrogen) atoms. The average molecular weight is 232 g/mol. The molecule has 1 atom stereocenters. The first kappa shape index (κ1) is 13.2. The molecule has 1 aromatic carbocycles. The van der Waals surface area contributed by atoms with Crippen molar-refractivity contribution in [2.75, 3.05) is 7.11 Å². The van der Waals surface area contributed by atoms with Crippen LogP contribution in [-0.2, 0) is 9.53 Å². The Bertz CT molecular complexity index is 393. The van der Waals surface area contributed by atoms with E-state index in [0.717, 1.165) is 5.56 Å². The van der Waals surface area contributed by atoms with E-state index in [2.05, 4.69) is 4.74 Å². The van der Waals surface area contributed by atoms with Gasteiger partial charge in [0.25, 0.3) is 0 Å². The van der Waals surface area contributed by atoms with Crippen molar-refractivity contribution in [2.24, 2.45) is 0 Å². The monoisotopic (exact) mass is 232 g/mol. The Morgan fingerprint density at radius 3 is 2.76 bits per heavy atom. The van der Waals surface area contributed by atoms with Crippen LogP contribution < -0.4 is 0 Å². The number of rotatable bonds is 5. The molecule has 1 unspecified atom stereocenters. The minimum absolute atomic E-state index is 0.387. The molecule has 0 aliphatic rings. The van der Waals surface area contributed by atoms with Crippen molar-refractivity contribution >= 4 is 12.0 Å². The second kappa shape index (κ2) is 7.41. The molecule has 1 N–H and O–H groups in total. The molecule has 0 amide bonds. The number of aliphatic hydroxyl groups is 1. The summed E-state index contributed by atoms with van der Waals surface area (Å²) in [7, 11) is 1.32. The first-order valence-corrected chi connectivity index (χ1v) is 5.38. The van der Waals surface area contributed by atoms with Gasteiger partial charge in [-0.2, -0.15) is 0 Å². The van der Waals surface area contributed by atoms with Gasteiger partial charge in [0, 0.05) is 6.08 Å². The minimum Gasteiger partial charge on any atom is -0.466 e. The quantitative estimate of drug-likeness (QED) is 0.625. The van der Waals surface area contributed by atoms with E-state index in [9.17, 15) is 9.90 Å². The summed E-state index contributed by atoms with van der Waals surface area (Å²) >= 11 is 0. The molecule has 0 saturated heterocycles. The van der Waals surface area contributed by atoms with Crippen molar-refractivity contribution in [3.05, 3.63) is 54.1 Å². The van der Waals surface area contributed by atoms with Crippen molar-refractivity contribution in [1.82, 2.24) is 0 Å². The van der Waals surface area contributed by atoms with Gasteiger partial charge in [0.05, 0.1) is 13.2 Å². The number of benzene rings is 1. The van der Waals surface area contributed by atoms with E-state index < -0.39 is 12.1 Å². The van der Waals surface area contributed by atoms with E-state index in [0.29, 0.717) is 6.42 Å². The van der Waals surface area contributed by atoms with Gasteiger partial charge in [0.1, 0.15) is 0 Å². The molecule has 0 aliphatic carbocycles. The minimum atomic E-state index is -0.601. The zero-order valence-corrected chi connectivity index (χ0v) is 9.74. The lowest BCUT2D eigenvalue weighted by Crippen LogP contribution is -2.00. The number of carbonyl (C=O) groups excluding carboxylic acids is 1. The van der Waals surface area contributed by atoms with Crippen LogP contribution >= 0.6 is 0 Å². The normalized spacial score (nSPS) is 13.1. The summed E-state index contributed by atoms with van der Waals surface area (Å²) in [5, 5.41) is 9.61. The van der Waals surface area contributed by atoms with Gasteiger partial charge in [0.15, 0.2) is 0 Å². The van der Waals surface area contributed by atoms with E-state index >= 15 is 0 Å². The molecular weight excluding hydrogens is 216 g/mol. The molecule has 0 radical (unpaired) electrons. The van der Waals surface area contributed by atoms with Gasteiger partial charge in [-0.1, -0.05) is 48.6 Å². The number of methoxy groups -OCH3 is 1. The van der Waals surface area contributed by atoms with E-state index in [-0.39, 0.29) is 0 Å². The van der Waals surface area contributed by atoms with Gasteiger partial charge in [-0.3, -0.25) is 0 Å². The second-order valence-corrected chi connectivity index (χ2v) is 3.50. The summed E-state index contributed by atoms with van der Waals surface area (Å²) < 4.78 is 4.44. The fourth-order valence-electron chi connectivity index (χ4n) is 1.24. The summed E-state index contributed by atoms with van der Waals surface area (Å²) in [4.78, 5) is 10.8. The lowest BCUT2D eigenvalue weighted by molar-refractivity contribution is -0.134. The fourth-order valence-corrected chi connectivity index (χ4v) is 1.24. The van der Waals surface area contributed by atoms with E-state index in [1.165, 1.54) is 13.2 Å². The van der Waals surface area contributed by atoms with Crippen LogP contribution in [0, 0.1) is 0 Å². The summed E-state index contributed by atoms with van der Waals surface area (Å²) in [5.41, 5.74) is 1.03. The highest BCUT2D eigenvalue weighted by molar-refractivity contribution is 5.81. The van der Waals surface area contributed by atoms with Crippen molar-refractivity contribution in [2.45, 2.75) is 12.5 Å². The van der Waals surface area contributed by atoms with Gasteiger partial charge in [-0.05, 0) is 12.0 Å². The van der Waals surface area contributed by atoms with Crippen LogP contribution in [-0.4, -0.2) is 24.3 Å². The van der Waals surface area contributed by atoms with Crippen LogP contribution in [0.1, 0.15) is 12.0 Å². The molecule has 0 fully saturated rings. The van der Waals surface area contributed by atoms with Crippen molar-refractivity contribution in [3.63, 3.8) is 0 Å². The maximum absolute atomic E-state index is 10.8. The predicted octanol–water partition coefficient (Wildman–Crippen LogP) is 2.18. The standard InChI is InChI=1S/C14H16O3/c1-17-14(16)9-5-8-13(15)11-10-12-6-3-2-4-7-12/h2-7,9-11,13,15H,8H2,1H3/b9-5+,11-10+. The highest BCUT2D eigenvalue weighted by Gasteiger charge is 1.96. The van der Waals surface area contributed by atoms with E-state index in [1.54, 1.807) is 12.2 Å². The third-order valence-electron chi connectivity index (χ3n) is 2.14. The molecule has 0 saturated carbocycles. The Labute approximate surface area is 101 Å². The van der Waals surface area contributed by atoms with Crippen LogP contribution in [0.4, 0.5) is 0 Å². The molecule has 0 aliphatic heterocycles. The maximum atomic E-state index is 10.8. The number of hydrogen-bond donors (Lipinski definition) is 1. The highest BCUT2D eigenvalue weighted by Crippen LogP contribution is 2.04. The smallest absolute Gasteiger partial charge is 0.330 e. The first-order chi connectivity index (χ1) is 8.22. The zero-order valence-electron chi connectivity index (χ0n) is 9.74. The number of esters is 1. The van der Waals surface area contributed by atoms with Crippen molar-refractivity contribution in [3.8, 4) is 0 Å². The number of carbonyl (C=O) groups is 1. The highest BCUT2D eigenvalue weighted by atomic mass is 16.5. The van der Waals surface area contributed by atoms with Gasteiger partial charge >= 0.3 is 5.97 Å². The Kier molecular flexibility index (Phi) is 5.75. The predicted molar refractivity (Wildman–Crippen MR) is 67.3 cm³/mol. The van der Waals surface area contributed by atoms with Gasteiger partial charge < -0.3 is 9.84 Å². The molecule has 3 heteroatoms. The van der Waals surface area contributed by atoms with Gasteiger partial charge in [-0.25, -0.2) is 4.79 Å². The molecule has 90 valence electrons. The largest absolute Gasteiger partial charge is 0.466 e. The average Bonchev–Trinajstić information content (AvgIpc) is 2.37. The summed E-state index contributed by atoms with van der Waals surface area (Å²) in [5.74, 6) is -0.413. The lowest BCUT2D eigenvalue weighted by Gasteiger charge is -2.00. The summed E-state index contributed by atoms with van der Waals surface area (Å²) in [6, 6.07) is 9.71. The molecule has 3 nitrogen and oxygen atoms in total. The number of aliphatic hydroxyl groups excluding tert-OH is 1. The Balaban J connectivity index is 2.39. The van der Waals surface area contributed by atoms with Crippen LogP contribution in [0.2, 0.25) is 0 Å². The van der Waals surface area contributed by atoms with E-state index in [4.69, 9.17) is 0 Å². The van der Waals surface area contributed by atoms with Crippen molar-refractivity contribution in [1.29, 1.82) is 0 Å². The third kappa shape index (κ3) is 5.68. The number of ether oxygens (including phenoxy) is 1. The molecular formula is C14H16O3. The zero-order chi connectivity index (χ0) is 12.5. The molecule has 0 aromatic heterocycles. The Morgan fingerprint density at radius 1 is 1.41 bits per heavy atom. The lowest BCUT2D eigenvalue weighted by atomic mass is 10.1. The second-order valence-electron chi connectivity index (χ2n) is 3.50. The fraction of sp³-hybridized carbons (Fsp3) is 0.214. The van der Waals surface area contributed by atoms with Gasteiger partial charge in [-0.15, -0.1) is 0 Å². The van der Waals surface area contributed by atoms with Crippen molar-refractivity contribution < 1.29 is 14.6 Å². The third-order valence-corrected chi connectivity index (χ3v) is 2.14. The van der Waals surface area contributed by atoms with Crippen LogP contribution in [0.5, 0.6) is 0 Å². The van der Waals surface area contributed by atoms with E-state index in [1.807, 2.05) is 36.4 Å². The summed E-state index contributed by atoms with van der Waals surface area (Å²) in [6.07, 6.45) is 6.22. The molecule has 0 bridgehead atoms. The molecule has 0 heterocycles. The first-order valence-electron chi connectivity index (χ1n) is 5.38. The topological polar surface area (TPSA) is 46.5 Å². The molecule has 0 spiro atoms. The molecule has 1 rings (SSSR count). The SMILES string of the molecule is COC(=O)/C=C/CC(O)/C=C/c1ccccc1. The summed E-state index contributed by atoms with van der Waals surface area (Å²) in [6.45, 7) is 0. The Morgan fingerprint density at radius 2 is 2.12 bits per heavy atom. The van der Waals surface area contributed by atoms with Crippen LogP contribution in [0.3, 0.4) is 0 Å². The Hall–Kier alpha value is -1.87. The number of hydrogen-bond acceptors (Lipinski definition) is 3. The van der Waals surface area contributed by atoms with Gasteiger partial charge in [0.2, 0.25) is 0 Å².